The van der Waals surface area contributed by atoms with E-state index in [0.717, 1.165) is 29.4 Å². The number of ether oxygens (including phenoxy) is 1. The number of halogens is 1. The SMILES string of the molecule is Clc1ccc(C2=CC=C3Oc4ccccc4CC3C2)cc1. The Morgan fingerprint density at radius 3 is 2.57 bits per heavy atom. The van der Waals surface area contributed by atoms with Crippen LogP contribution in [-0.4, -0.2) is 0 Å². The van der Waals surface area contributed by atoms with Crippen LogP contribution in [-0.2, 0) is 6.42 Å². The summed E-state index contributed by atoms with van der Waals surface area (Å²) >= 11 is 5.97. The molecule has 1 aliphatic carbocycles. The maximum atomic E-state index is 6.03. The van der Waals surface area contributed by atoms with E-state index in [1.165, 1.54) is 16.7 Å². The van der Waals surface area contributed by atoms with Gasteiger partial charge in [-0.05, 0) is 53.8 Å². The fourth-order valence-electron chi connectivity index (χ4n) is 3.09. The van der Waals surface area contributed by atoms with Crippen LogP contribution in [0.5, 0.6) is 5.75 Å². The van der Waals surface area contributed by atoms with Crippen LogP contribution in [0.15, 0.2) is 66.4 Å². The highest BCUT2D eigenvalue weighted by Crippen LogP contribution is 2.40. The third-order valence-electron chi connectivity index (χ3n) is 4.20. The molecule has 0 bridgehead atoms. The Hall–Kier alpha value is -1.99. The number of allylic oxidation sites excluding steroid dienone is 4. The van der Waals surface area contributed by atoms with Crippen molar-refractivity contribution >= 4 is 17.2 Å². The molecule has 104 valence electrons. The lowest BCUT2D eigenvalue weighted by atomic mass is 9.83. The molecule has 0 spiro atoms. The van der Waals surface area contributed by atoms with Gasteiger partial charge in [0.15, 0.2) is 0 Å². The Balaban J connectivity index is 1.65. The van der Waals surface area contributed by atoms with Gasteiger partial charge >= 0.3 is 0 Å². The van der Waals surface area contributed by atoms with E-state index in [1.807, 2.05) is 24.3 Å². The van der Waals surface area contributed by atoms with Gasteiger partial charge in [0.25, 0.3) is 0 Å². The molecule has 2 aromatic carbocycles. The molecule has 2 aliphatic rings. The average molecular weight is 295 g/mol. The first-order chi connectivity index (χ1) is 10.3. The second-order valence-electron chi connectivity index (χ2n) is 5.58. The van der Waals surface area contributed by atoms with Crippen LogP contribution in [0.4, 0.5) is 0 Å². The zero-order chi connectivity index (χ0) is 14.2. The van der Waals surface area contributed by atoms with Crippen molar-refractivity contribution in [1.29, 1.82) is 0 Å². The van der Waals surface area contributed by atoms with Crippen molar-refractivity contribution in [2.24, 2.45) is 5.92 Å². The molecule has 4 rings (SSSR count). The number of rotatable bonds is 1. The number of para-hydroxylation sites is 1. The van der Waals surface area contributed by atoms with E-state index in [4.69, 9.17) is 16.3 Å². The summed E-state index contributed by atoms with van der Waals surface area (Å²) in [5.74, 6) is 2.53. The molecule has 1 atom stereocenters. The molecule has 1 nitrogen and oxygen atoms in total. The van der Waals surface area contributed by atoms with E-state index < -0.39 is 0 Å². The fraction of sp³-hybridized carbons (Fsp3) is 0.158. The standard InChI is InChI=1S/C19H15ClO/c20-17-8-5-13(6-9-17)14-7-10-19-16(11-14)12-15-3-1-2-4-18(15)21-19/h1-10,16H,11-12H2. The first kappa shape index (κ1) is 12.7. The van der Waals surface area contributed by atoms with Gasteiger partial charge in [0, 0.05) is 10.9 Å². The molecule has 1 unspecified atom stereocenters. The summed E-state index contributed by atoms with van der Waals surface area (Å²) in [6, 6.07) is 16.4. The lowest BCUT2D eigenvalue weighted by Crippen LogP contribution is -2.21. The largest absolute Gasteiger partial charge is 0.461 e. The zero-order valence-electron chi connectivity index (χ0n) is 11.6. The molecule has 0 saturated heterocycles. The number of benzene rings is 2. The maximum Gasteiger partial charge on any atom is 0.130 e. The average Bonchev–Trinajstić information content (AvgIpc) is 2.53. The highest BCUT2D eigenvalue weighted by Gasteiger charge is 2.27. The first-order valence-corrected chi connectivity index (χ1v) is 7.60. The summed E-state index contributed by atoms with van der Waals surface area (Å²) in [5.41, 5.74) is 3.90. The van der Waals surface area contributed by atoms with Gasteiger partial charge in [-0.15, -0.1) is 0 Å². The molecule has 0 radical (unpaired) electrons. The van der Waals surface area contributed by atoms with E-state index in [1.54, 1.807) is 0 Å². The first-order valence-electron chi connectivity index (χ1n) is 7.22. The van der Waals surface area contributed by atoms with E-state index in [9.17, 15) is 0 Å². The monoisotopic (exact) mass is 294 g/mol. The molecule has 1 aliphatic heterocycles. The normalized spacial score (nSPS) is 19.8. The van der Waals surface area contributed by atoms with E-state index in [2.05, 4.69) is 36.4 Å². The topological polar surface area (TPSA) is 9.23 Å². The Bertz CT molecular complexity index is 740. The Kier molecular flexibility index (Phi) is 3.08. The van der Waals surface area contributed by atoms with Crippen LogP contribution < -0.4 is 4.74 Å². The summed E-state index contributed by atoms with van der Waals surface area (Å²) < 4.78 is 6.03. The third kappa shape index (κ3) is 2.38. The fourth-order valence-corrected chi connectivity index (χ4v) is 3.21. The van der Waals surface area contributed by atoms with Crippen molar-refractivity contribution in [3.63, 3.8) is 0 Å². The molecule has 0 saturated carbocycles. The van der Waals surface area contributed by atoms with E-state index >= 15 is 0 Å². The van der Waals surface area contributed by atoms with Gasteiger partial charge in [-0.3, -0.25) is 0 Å². The molecule has 0 N–H and O–H groups in total. The van der Waals surface area contributed by atoms with Gasteiger partial charge in [-0.25, -0.2) is 0 Å². The smallest absolute Gasteiger partial charge is 0.130 e. The molecule has 21 heavy (non-hydrogen) atoms. The molecule has 0 aromatic heterocycles. The minimum Gasteiger partial charge on any atom is -0.461 e. The quantitative estimate of drug-likeness (QED) is 0.697. The number of hydrogen-bond donors (Lipinski definition) is 0. The molecule has 0 fully saturated rings. The predicted octanol–water partition coefficient (Wildman–Crippen LogP) is 5.26. The van der Waals surface area contributed by atoms with Crippen molar-refractivity contribution in [2.75, 3.05) is 0 Å². The minimum absolute atomic E-state index is 0.440. The van der Waals surface area contributed by atoms with Gasteiger partial charge in [0.1, 0.15) is 11.5 Å². The number of fused-ring (bicyclic) bond motifs is 2. The molecular formula is C19H15ClO. The molecular weight excluding hydrogens is 280 g/mol. The summed E-state index contributed by atoms with van der Waals surface area (Å²) in [7, 11) is 0. The molecule has 2 aromatic rings. The van der Waals surface area contributed by atoms with Crippen molar-refractivity contribution in [2.45, 2.75) is 12.8 Å². The summed E-state index contributed by atoms with van der Waals surface area (Å²) in [5, 5.41) is 0.779. The number of hydrogen-bond acceptors (Lipinski definition) is 1. The summed E-state index contributed by atoms with van der Waals surface area (Å²) in [6.45, 7) is 0. The maximum absolute atomic E-state index is 6.03. The van der Waals surface area contributed by atoms with E-state index in [-0.39, 0.29) is 0 Å². The Labute approximate surface area is 129 Å². The highest BCUT2D eigenvalue weighted by atomic mass is 35.5. The lowest BCUT2D eigenvalue weighted by molar-refractivity contribution is 0.314. The van der Waals surface area contributed by atoms with Gasteiger partial charge < -0.3 is 4.74 Å². The summed E-state index contributed by atoms with van der Waals surface area (Å²) in [4.78, 5) is 0. The van der Waals surface area contributed by atoms with Crippen LogP contribution in [0.25, 0.3) is 5.57 Å². The third-order valence-corrected chi connectivity index (χ3v) is 4.45. The second-order valence-corrected chi connectivity index (χ2v) is 6.02. The molecule has 2 heteroatoms. The van der Waals surface area contributed by atoms with Gasteiger partial charge in [-0.1, -0.05) is 48.0 Å². The second kappa shape index (κ2) is 5.09. The van der Waals surface area contributed by atoms with Crippen molar-refractivity contribution in [3.05, 3.63) is 82.6 Å². The summed E-state index contributed by atoms with van der Waals surface area (Å²) in [6.07, 6.45) is 6.35. The lowest BCUT2D eigenvalue weighted by Gasteiger charge is -2.30. The predicted molar refractivity (Wildman–Crippen MR) is 86.4 cm³/mol. The van der Waals surface area contributed by atoms with Crippen molar-refractivity contribution in [3.8, 4) is 5.75 Å². The van der Waals surface area contributed by atoms with Crippen LogP contribution in [0.1, 0.15) is 17.5 Å². The van der Waals surface area contributed by atoms with Crippen molar-refractivity contribution < 1.29 is 4.74 Å². The molecule has 0 amide bonds. The Morgan fingerprint density at radius 2 is 1.71 bits per heavy atom. The van der Waals surface area contributed by atoms with E-state index in [0.29, 0.717) is 5.92 Å². The Morgan fingerprint density at radius 1 is 0.905 bits per heavy atom. The van der Waals surface area contributed by atoms with Crippen molar-refractivity contribution in [1.82, 2.24) is 0 Å². The minimum atomic E-state index is 0.440. The highest BCUT2D eigenvalue weighted by molar-refractivity contribution is 6.30. The van der Waals surface area contributed by atoms with Crippen LogP contribution in [0.2, 0.25) is 5.02 Å². The zero-order valence-corrected chi connectivity index (χ0v) is 12.3. The van der Waals surface area contributed by atoms with Crippen LogP contribution in [0.3, 0.4) is 0 Å². The van der Waals surface area contributed by atoms with Crippen LogP contribution >= 0.6 is 11.6 Å². The van der Waals surface area contributed by atoms with Gasteiger partial charge in [0.05, 0.1) is 0 Å². The molecule has 1 heterocycles. The van der Waals surface area contributed by atoms with Gasteiger partial charge in [-0.2, -0.15) is 0 Å². The van der Waals surface area contributed by atoms with Crippen LogP contribution in [0, 0.1) is 5.92 Å². The van der Waals surface area contributed by atoms with Gasteiger partial charge in [0.2, 0.25) is 0 Å².